The summed E-state index contributed by atoms with van der Waals surface area (Å²) < 4.78 is 12.2. The summed E-state index contributed by atoms with van der Waals surface area (Å²) in [5, 5.41) is 12.2. The number of nitrogens with two attached hydrogens (primary N) is 1. The number of hydrogen-bond acceptors (Lipinski definition) is 7. The molecule has 0 aliphatic rings. The van der Waals surface area contributed by atoms with Crippen LogP contribution < -0.4 is 10.5 Å². The highest BCUT2D eigenvalue weighted by atomic mass is 16.5. The average molecular weight is 348 g/mol. The van der Waals surface area contributed by atoms with E-state index in [-0.39, 0.29) is 11.7 Å². The van der Waals surface area contributed by atoms with Crippen molar-refractivity contribution in [3.05, 3.63) is 54.1 Å². The second-order valence-corrected chi connectivity index (χ2v) is 5.70. The van der Waals surface area contributed by atoms with Gasteiger partial charge in [0.1, 0.15) is 11.4 Å². The van der Waals surface area contributed by atoms with Gasteiger partial charge in [-0.3, -0.25) is 0 Å². The van der Waals surface area contributed by atoms with Gasteiger partial charge in [0.05, 0.1) is 7.11 Å². The van der Waals surface area contributed by atoms with Crippen LogP contribution in [0.5, 0.6) is 5.75 Å². The topological polar surface area (TPSA) is 105 Å². The Morgan fingerprint density at radius 2 is 1.85 bits per heavy atom. The zero-order valence-electron chi connectivity index (χ0n) is 14.2. The van der Waals surface area contributed by atoms with Crippen molar-refractivity contribution in [3.63, 3.8) is 0 Å². The first-order chi connectivity index (χ1) is 12.7. The van der Waals surface area contributed by atoms with E-state index in [0.717, 1.165) is 11.1 Å². The van der Waals surface area contributed by atoms with Gasteiger partial charge in [-0.25, -0.2) is 0 Å². The van der Waals surface area contributed by atoms with Crippen LogP contribution in [0.15, 0.2) is 53.1 Å². The maximum absolute atomic E-state index is 6.21. The van der Waals surface area contributed by atoms with E-state index in [4.69, 9.17) is 15.0 Å². The maximum atomic E-state index is 6.21. The standard InChI is InChI=1S/C18H16N6O2/c1-11-7-9-12(10-8-11)17-20-18(26-22-17)15-16(19)24(23-21-15)13-5-3-4-6-14(13)25-2/h3-10H,19H2,1-2H3. The first kappa shape index (κ1) is 15.8. The Hall–Kier alpha value is -3.68. The Balaban J connectivity index is 1.72. The Morgan fingerprint density at radius 3 is 2.62 bits per heavy atom. The molecule has 8 heteroatoms. The van der Waals surface area contributed by atoms with Gasteiger partial charge in [-0.05, 0) is 19.1 Å². The minimum absolute atomic E-state index is 0.208. The smallest absolute Gasteiger partial charge is 0.282 e. The maximum Gasteiger partial charge on any atom is 0.282 e. The predicted octanol–water partition coefficient (Wildman–Crippen LogP) is 2.88. The lowest BCUT2D eigenvalue weighted by molar-refractivity contribution is 0.411. The lowest BCUT2D eigenvalue weighted by atomic mass is 10.1. The van der Waals surface area contributed by atoms with E-state index in [2.05, 4.69) is 20.5 Å². The fraction of sp³-hybridized carbons (Fsp3) is 0.111. The summed E-state index contributed by atoms with van der Waals surface area (Å²) in [5.41, 5.74) is 9.21. The Kier molecular flexibility index (Phi) is 3.85. The van der Waals surface area contributed by atoms with Crippen LogP contribution in [0.3, 0.4) is 0 Å². The first-order valence-electron chi connectivity index (χ1n) is 7.93. The number of ether oxygens (including phenoxy) is 1. The molecule has 0 saturated heterocycles. The van der Waals surface area contributed by atoms with Gasteiger partial charge < -0.3 is 15.0 Å². The van der Waals surface area contributed by atoms with Gasteiger partial charge in [0.15, 0.2) is 11.5 Å². The van der Waals surface area contributed by atoms with Crippen LogP contribution in [0.25, 0.3) is 28.7 Å². The van der Waals surface area contributed by atoms with Crippen molar-refractivity contribution in [2.45, 2.75) is 6.92 Å². The molecule has 0 atom stereocenters. The Bertz CT molecular complexity index is 1050. The molecule has 2 aromatic carbocycles. The van der Waals surface area contributed by atoms with Crippen molar-refractivity contribution < 1.29 is 9.26 Å². The molecule has 26 heavy (non-hydrogen) atoms. The van der Waals surface area contributed by atoms with Crippen molar-refractivity contribution in [2.24, 2.45) is 0 Å². The van der Waals surface area contributed by atoms with Crippen LogP contribution in [0.4, 0.5) is 5.82 Å². The summed E-state index contributed by atoms with van der Waals surface area (Å²) in [4.78, 5) is 4.39. The van der Waals surface area contributed by atoms with Gasteiger partial charge in [0.25, 0.3) is 5.89 Å². The third kappa shape index (κ3) is 2.67. The van der Waals surface area contributed by atoms with Crippen LogP contribution >= 0.6 is 0 Å². The van der Waals surface area contributed by atoms with Gasteiger partial charge in [-0.15, -0.1) is 5.10 Å². The predicted molar refractivity (Wildman–Crippen MR) is 95.8 cm³/mol. The summed E-state index contributed by atoms with van der Waals surface area (Å²) in [6.07, 6.45) is 0. The second-order valence-electron chi connectivity index (χ2n) is 5.70. The zero-order chi connectivity index (χ0) is 18.1. The fourth-order valence-electron chi connectivity index (χ4n) is 2.56. The quantitative estimate of drug-likeness (QED) is 0.604. The van der Waals surface area contributed by atoms with Crippen LogP contribution in [0.1, 0.15) is 5.56 Å². The van der Waals surface area contributed by atoms with E-state index in [9.17, 15) is 0 Å². The average Bonchev–Trinajstić information content (AvgIpc) is 3.29. The molecular formula is C18H16N6O2. The minimum Gasteiger partial charge on any atom is -0.494 e. The number of benzene rings is 2. The monoisotopic (exact) mass is 348 g/mol. The molecule has 130 valence electrons. The molecule has 0 saturated carbocycles. The van der Waals surface area contributed by atoms with E-state index < -0.39 is 0 Å². The number of aromatic nitrogens is 5. The van der Waals surface area contributed by atoms with Crippen molar-refractivity contribution in [1.82, 2.24) is 25.1 Å². The summed E-state index contributed by atoms with van der Waals surface area (Å²) >= 11 is 0. The lowest BCUT2D eigenvalue weighted by Crippen LogP contribution is -2.04. The molecule has 0 aliphatic carbocycles. The molecule has 0 fully saturated rings. The molecule has 2 aromatic heterocycles. The fourth-order valence-corrected chi connectivity index (χ4v) is 2.56. The normalized spacial score (nSPS) is 10.8. The minimum atomic E-state index is 0.208. The third-order valence-corrected chi connectivity index (χ3v) is 3.96. The highest BCUT2D eigenvalue weighted by Crippen LogP contribution is 2.29. The number of aryl methyl sites for hydroxylation is 1. The number of methoxy groups -OCH3 is 1. The van der Waals surface area contributed by atoms with Crippen LogP contribution in [-0.2, 0) is 0 Å². The number of nitrogen functional groups attached to an aromatic ring is 1. The highest BCUT2D eigenvalue weighted by molar-refractivity contribution is 5.67. The van der Waals surface area contributed by atoms with Gasteiger partial charge >= 0.3 is 0 Å². The first-order valence-corrected chi connectivity index (χ1v) is 7.93. The lowest BCUT2D eigenvalue weighted by Gasteiger charge is -2.08. The van der Waals surface area contributed by atoms with Gasteiger partial charge in [0, 0.05) is 5.56 Å². The molecule has 8 nitrogen and oxygen atoms in total. The van der Waals surface area contributed by atoms with Crippen LogP contribution in [-0.4, -0.2) is 32.2 Å². The van der Waals surface area contributed by atoms with Gasteiger partial charge in [0.2, 0.25) is 5.82 Å². The molecule has 0 radical (unpaired) electrons. The van der Waals surface area contributed by atoms with Crippen molar-refractivity contribution >= 4 is 5.82 Å². The molecule has 0 bridgehead atoms. The summed E-state index contributed by atoms with van der Waals surface area (Å²) in [7, 11) is 1.58. The van der Waals surface area contributed by atoms with Crippen molar-refractivity contribution in [1.29, 1.82) is 0 Å². The number of para-hydroxylation sites is 2. The summed E-state index contributed by atoms with van der Waals surface area (Å²) in [6.45, 7) is 2.02. The van der Waals surface area contributed by atoms with E-state index in [1.807, 2.05) is 55.5 Å². The van der Waals surface area contributed by atoms with Crippen LogP contribution in [0.2, 0.25) is 0 Å². The molecule has 2 N–H and O–H groups in total. The Morgan fingerprint density at radius 1 is 1.08 bits per heavy atom. The zero-order valence-corrected chi connectivity index (χ0v) is 14.2. The Labute approximate surface area is 149 Å². The number of hydrogen-bond donors (Lipinski definition) is 1. The number of anilines is 1. The van der Waals surface area contributed by atoms with Gasteiger partial charge in [-0.1, -0.05) is 52.3 Å². The van der Waals surface area contributed by atoms with E-state index >= 15 is 0 Å². The molecule has 4 aromatic rings. The molecule has 0 spiro atoms. The summed E-state index contributed by atoms with van der Waals surface area (Å²) in [5.74, 6) is 1.58. The molecule has 2 heterocycles. The van der Waals surface area contributed by atoms with E-state index in [1.54, 1.807) is 7.11 Å². The number of rotatable bonds is 4. The van der Waals surface area contributed by atoms with Crippen molar-refractivity contribution in [3.8, 4) is 34.4 Å². The molecule has 0 unspecified atom stereocenters. The molecular weight excluding hydrogens is 332 g/mol. The second kappa shape index (κ2) is 6.32. The largest absolute Gasteiger partial charge is 0.494 e. The number of nitrogens with zero attached hydrogens (tertiary/aromatic N) is 5. The summed E-state index contributed by atoms with van der Waals surface area (Å²) in [6, 6.07) is 15.2. The van der Waals surface area contributed by atoms with Crippen LogP contribution in [0, 0.1) is 6.92 Å². The SMILES string of the molecule is COc1ccccc1-n1nnc(-c2nc(-c3ccc(C)cc3)no2)c1N. The van der Waals surface area contributed by atoms with Gasteiger partial charge in [-0.2, -0.15) is 9.67 Å². The molecule has 0 aliphatic heterocycles. The third-order valence-electron chi connectivity index (χ3n) is 3.96. The highest BCUT2D eigenvalue weighted by Gasteiger charge is 2.21. The van der Waals surface area contributed by atoms with E-state index in [1.165, 1.54) is 4.68 Å². The molecule has 4 rings (SSSR count). The molecule has 0 amide bonds. The van der Waals surface area contributed by atoms with E-state index in [0.29, 0.717) is 23.0 Å². The van der Waals surface area contributed by atoms with Crippen molar-refractivity contribution in [2.75, 3.05) is 12.8 Å².